The van der Waals surface area contributed by atoms with Crippen molar-refractivity contribution in [2.45, 2.75) is 25.8 Å². The average molecular weight is 569 g/mol. The van der Waals surface area contributed by atoms with E-state index in [0.717, 1.165) is 11.8 Å². The number of aromatic amines is 1. The van der Waals surface area contributed by atoms with Gasteiger partial charge in [0.15, 0.2) is 23.0 Å². The summed E-state index contributed by atoms with van der Waals surface area (Å²) in [7, 11) is 2.81. The molecule has 3 heterocycles. The zero-order chi connectivity index (χ0) is 29.1. The van der Waals surface area contributed by atoms with Crippen LogP contribution in [-0.4, -0.2) is 56.4 Å². The number of carbonyl (C=O) groups excluding carboxylic acids is 2. The first kappa shape index (κ1) is 27.5. The minimum Gasteiger partial charge on any atom is -0.506 e. The SMILES string of the molecule is CCOC(=O)c1c[nH]c(=O)c([C@H](CC(=O)NCc2ccc3c(c2)OCO3)c2cc(OC)c3c(c2OC)OCO3)c1O. The third kappa shape index (κ3) is 5.25. The van der Waals surface area contributed by atoms with Crippen molar-refractivity contribution in [1.82, 2.24) is 10.3 Å². The summed E-state index contributed by atoms with van der Waals surface area (Å²) in [4.78, 5) is 41.6. The van der Waals surface area contributed by atoms with Crippen LogP contribution in [0.3, 0.4) is 0 Å². The van der Waals surface area contributed by atoms with E-state index in [4.69, 9.17) is 33.2 Å². The first-order valence-electron chi connectivity index (χ1n) is 12.7. The number of ether oxygens (including phenoxy) is 7. The number of esters is 1. The normalized spacial score (nSPS) is 13.4. The summed E-state index contributed by atoms with van der Waals surface area (Å²) in [6.07, 6.45) is 0.736. The fraction of sp³-hybridized carbons (Fsp3) is 0.321. The van der Waals surface area contributed by atoms with Gasteiger partial charge in [-0.1, -0.05) is 6.07 Å². The van der Waals surface area contributed by atoms with Gasteiger partial charge in [-0.25, -0.2) is 4.79 Å². The number of methoxy groups -OCH3 is 2. The van der Waals surface area contributed by atoms with Gasteiger partial charge in [-0.3, -0.25) is 9.59 Å². The highest BCUT2D eigenvalue weighted by Gasteiger charge is 2.35. The van der Waals surface area contributed by atoms with Gasteiger partial charge in [0.2, 0.25) is 31.0 Å². The summed E-state index contributed by atoms with van der Waals surface area (Å²) < 4.78 is 38.0. The van der Waals surface area contributed by atoms with Gasteiger partial charge >= 0.3 is 5.97 Å². The molecule has 2 aliphatic heterocycles. The highest BCUT2D eigenvalue weighted by atomic mass is 16.7. The Labute approximate surface area is 233 Å². The third-order valence-corrected chi connectivity index (χ3v) is 6.65. The number of hydrogen-bond acceptors (Lipinski definition) is 11. The second-order valence-electron chi connectivity index (χ2n) is 9.00. The Hall–Kier alpha value is -5.07. The van der Waals surface area contributed by atoms with Gasteiger partial charge in [-0.15, -0.1) is 0 Å². The van der Waals surface area contributed by atoms with Crippen molar-refractivity contribution in [3.63, 3.8) is 0 Å². The molecule has 13 heteroatoms. The molecule has 0 saturated heterocycles. The third-order valence-electron chi connectivity index (χ3n) is 6.65. The van der Waals surface area contributed by atoms with Crippen molar-refractivity contribution < 1.29 is 47.9 Å². The van der Waals surface area contributed by atoms with E-state index < -0.39 is 29.1 Å². The Morgan fingerprint density at radius 2 is 1.80 bits per heavy atom. The lowest BCUT2D eigenvalue weighted by Gasteiger charge is -2.23. The number of aromatic nitrogens is 1. The van der Waals surface area contributed by atoms with Crippen LogP contribution in [0.5, 0.6) is 40.2 Å². The molecule has 13 nitrogen and oxygen atoms in total. The molecule has 41 heavy (non-hydrogen) atoms. The van der Waals surface area contributed by atoms with E-state index in [1.54, 1.807) is 25.1 Å². The number of benzene rings is 2. The monoisotopic (exact) mass is 568 g/mol. The van der Waals surface area contributed by atoms with Crippen LogP contribution in [0.1, 0.15) is 46.3 Å². The maximum Gasteiger partial charge on any atom is 0.343 e. The second kappa shape index (κ2) is 11.6. The predicted octanol–water partition coefficient (Wildman–Crippen LogP) is 2.57. The molecule has 0 spiro atoms. The molecule has 0 saturated carbocycles. The highest BCUT2D eigenvalue weighted by Crippen LogP contribution is 2.53. The van der Waals surface area contributed by atoms with Gasteiger partial charge in [0.25, 0.3) is 5.56 Å². The first-order chi connectivity index (χ1) is 19.9. The molecule has 1 amide bonds. The van der Waals surface area contributed by atoms with Crippen molar-refractivity contribution in [3.05, 3.63) is 63.1 Å². The lowest BCUT2D eigenvalue weighted by molar-refractivity contribution is -0.121. The number of aromatic hydroxyl groups is 1. The minimum atomic E-state index is -1.12. The van der Waals surface area contributed by atoms with E-state index in [2.05, 4.69) is 10.3 Å². The van der Waals surface area contributed by atoms with Gasteiger partial charge < -0.3 is 48.6 Å². The predicted molar refractivity (Wildman–Crippen MR) is 141 cm³/mol. The average Bonchev–Trinajstić information content (AvgIpc) is 3.64. The van der Waals surface area contributed by atoms with Crippen molar-refractivity contribution in [3.8, 4) is 40.2 Å². The lowest BCUT2D eigenvalue weighted by Crippen LogP contribution is -2.28. The molecule has 2 aliphatic rings. The van der Waals surface area contributed by atoms with Crippen LogP contribution < -0.4 is 39.3 Å². The van der Waals surface area contributed by atoms with Crippen LogP contribution >= 0.6 is 0 Å². The molecule has 3 aromatic rings. The molecular formula is C28H28N2O11. The van der Waals surface area contributed by atoms with E-state index in [-0.39, 0.29) is 72.8 Å². The molecule has 1 atom stereocenters. The second-order valence-corrected chi connectivity index (χ2v) is 9.00. The summed E-state index contributed by atoms with van der Waals surface area (Å²) in [5.41, 5.74) is -0.185. The number of carbonyl (C=O) groups is 2. The van der Waals surface area contributed by atoms with Crippen LogP contribution in [0.15, 0.2) is 35.3 Å². The quantitative estimate of drug-likeness (QED) is 0.308. The number of nitrogens with one attached hydrogen (secondary N) is 2. The number of amides is 1. The molecule has 1 aromatic heterocycles. The summed E-state index contributed by atoms with van der Waals surface area (Å²) >= 11 is 0. The van der Waals surface area contributed by atoms with Crippen molar-refractivity contribution in [1.29, 1.82) is 0 Å². The fourth-order valence-electron chi connectivity index (χ4n) is 4.76. The van der Waals surface area contributed by atoms with E-state index >= 15 is 0 Å². The largest absolute Gasteiger partial charge is 0.506 e. The lowest BCUT2D eigenvalue weighted by atomic mass is 9.86. The topological polar surface area (TPSA) is 164 Å². The van der Waals surface area contributed by atoms with Crippen molar-refractivity contribution in [2.24, 2.45) is 0 Å². The Balaban J connectivity index is 1.55. The van der Waals surface area contributed by atoms with Crippen molar-refractivity contribution in [2.75, 3.05) is 34.4 Å². The van der Waals surface area contributed by atoms with E-state index in [9.17, 15) is 19.5 Å². The number of fused-ring (bicyclic) bond motifs is 2. The molecule has 0 unspecified atom stereocenters. The molecule has 3 N–H and O–H groups in total. The van der Waals surface area contributed by atoms with Crippen molar-refractivity contribution >= 4 is 11.9 Å². The van der Waals surface area contributed by atoms with Gasteiger partial charge in [0, 0.05) is 30.6 Å². The van der Waals surface area contributed by atoms with Gasteiger partial charge in [0.05, 0.1) is 26.4 Å². The summed E-state index contributed by atoms with van der Waals surface area (Å²) in [5.74, 6) is -0.941. The summed E-state index contributed by atoms with van der Waals surface area (Å²) in [5, 5.41) is 14.0. The standard InChI is InChI=1S/C28H28N2O11/c1-4-37-28(34)17-11-30-27(33)22(23(17)32)15(16-8-20(35-2)25-26(24(16)36-3)41-13-40-25)9-21(31)29-10-14-5-6-18-19(7-14)39-12-38-18/h5-8,11,15H,4,9-10,12-13H2,1-3H3,(H,29,31)(H2,30,32,33)/t15-/m1/s1. The molecule has 2 aromatic carbocycles. The Morgan fingerprint density at radius 1 is 1.05 bits per heavy atom. The molecule has 216 valence electrons. The van der Waals surface area contributed by atoms with Gasteiger partial charge in [0.1, 0.15) is 11.3 Å². The molecular weight excluding hydrogens is 540 g/mol. The highest BCUT2D eigenvalue weighted by molar-refractivity contribution is 5.92. The van der Waals surface area contributed by atoms with Crippen LogP contribution in [0.4, 0.5) is 0 Å². The van der Waals surface area contributed by atoms with E-state index in [1.807, 2.05) is 0 Å². The Bertz CT molecular complexity index is 1550. The number of pyridine rings is 1. The van der Waals surface area contributed by atoms with Crippen LogP contribution in [0.2, 0.25) is 0 Å². The molecule has 5 rings (SSSR count). The first-order valence-corrected chi connectivity index (χ1v) is 12.7. The van der Waals surface area contributed by atoms with Crippen LogP contribution in [0.25, 0.3) is 0 Å². The Morgan fingerprint density at radius 3 is 2.56 bits per heavy atom. The summed E-state index contributed by atoms with van der Waals surface area (Å²) in [6, 6.07) is 6.83. The molecule has 0 fully saturated rings. The molecule has 0 aliphatic carbocycles. The van der Waals surface area contributed by atoms with Gasteiger partial charge in [-0.2, -0.15) is 0 Å². The zero-order valence-corrected chi connectivity index (χ0v) is 22.5. The van der Waals surface area contributed by atoms with E-state index in [1.165, 1.54) is 20.3 Å². The smallest absolute Gasteiger partial charge is 0.343 e. The maximum absolute atomic E-state index is 13.4. The Kier molecular flexibility index (Phi) is 7.77. The fourth-order valence-corrected chi connectivity index (χ4v) is 4.76. The minimum absolute atomic E-state index is 0.0472. The van der Waals surface area contributed by atoms with Crippen LogP contribution in [0, 0.1) is 0 Å². The van der Waals surface area contributed by atoms with Gasteiger partial charge in [-0.05, 0) is 30.7 Å². The molecule has 0 radical (unpaired) electrons. The van der Waals surface area contributed by atoms with E-state index in [0.29, 0.717) is 11.5 Å². The summed E-state index contributed by atoms with van der Waals surface area (Å²) in [6.45, 7) is 1.83. The number of H-pyrrole nitrogens is 1. The number of hydrogen-bond donors (Lipinski definition) is 3. The maximum atomic E-state index is 13.4. The zero-order valence-electron chi connectivity index (χ0n) is 22.5. The number of rotatable bonds is 10. The van der Waals surface area contributed by atoms with Crippen LogP contribution in [-0.2, 0) is 16.1 Å². The molecule has 0 bridgehead atoms.